The molecule has 3 fully saturated rings. The molecule has 19 heavy (non-hydrogen) atoms. The molecule has 2 unspecified atom stereocenters. The lowest BCUT2D eigenvalue weighted by Gasteiger charge is -2.50. The second-order valence-electron chi connectivity index (χ2n) is 7.92. The molecule has 110 valence electrons. The first kappa shape index (κ1) is 13.8. The van der Waals surface area contributed by atoms with E-state index in [1.165, 1.54) is 25.7 Å². The Kier molecular flexibility index (Phi) is 3.43. The molecule has 2 atom stereocenters. The van der Waals surface area contributed by atoms with Gasteiger partial charge in [-0.05, 0) is 49.9 Å². The molecule has 1 spiro atoms. The van der Waals surface area contributed by atoms with Crippen LogP contribution in [-0.4, -0.2) is 31.0 Å². The first-order valence-corrected chi connectivity index (χ1v) is 7.94. The molecular formula is C16H29NO2. The maximum atomic E-state index is 6.81. The van der Waals surface area contributed by atoms with Crippen molar-refractivity contribution >= 4 is 0 Å². The summed E-state index contributed by atoms with van der Waals surface area (Å²) in [6, 6.07) is 0. The highest BCUT2D eigenvalue weighted by Crippen LogP contribution is 2.47. The van der Waals surface area contributed by atoms with Gasteiger partial charge in [0.15, 0.2) is 0 Å². The Bertz CT molecular complexity index is 324. The van der Waals surface area contributed by atoms with Crippen molar-refractivity contribution in [2.45, 2.75) is 69.9 Å². The molecule has 2 saturated heterocycles. The molecule has 2 aliphatic heterocycles. The van der Waals surface area contributed by atoms with E-state index >= 15 is 0 Å². The van der Waals surface area contributed by atoms with Crippen LogP contribution in [0.2, 0.25) is 0 Å². The standard InChI is InChI=1S/C16H29NO2/c1-14(2)4-6-16(17,7-5-14)13-3-9-19-15(11-13)8-10-18-12-15/h13H,3-12,17H2,1-2H3. The van der Waals surface area contributed by atoms with E-state index in [9.17, 15) is 0 Å². The van der Waals surface area contributed by atoms with Gasteiger partial charge < -0.3 is 15.2 Å². The molecule has 1 aliphatic carbocycles. The van der Waals surface area contributed by atoms with Crippen LogP contribution in [0.4, 0.5) is 0 Å². The van der Waals surface area contributed by atoms with Crippen molar-refractivity contribution in [3.63, 3.8) is 0 Å². The Hall–Kier alpha value is -0.120. The second kappa shape index (κ2) is 4.71. The van der Waals surface area contributed by atoms with Gasteiger partial charge in [0, 0.05) is 25.2 Å². The molecule has 0 aromatic carbocycles. The summed E-state index contributed by atoms with van der Waals surface area (Å²) in [4.78, 5) is 0. The lowest BCUT2D eigenvalue weighted by molar-refractivity contribution is -0.114. The highest BCUT2D eigenvalue weighted by molar-refractivity contribution is 5.02. The van der Waals surface area contributed by atoms with E-state index in [2.05, 4.69) is 13.8 Å². The third-order valence-corrected chi connectivity index (χ3v) is 5.91. The third-order valence-electron chi connectivity index (χ3n) is 5.91. The van der Waals surface area contributed by atoms with E-state index in [0.717, 1.165) is 39.1 Å². The normalized spacial score (nSPS) is 41.5. The molecule has 3 heteroatoms. The summed E-state index contributed by atoms with van der Waals surface area (Å²) in [5.41, 5.74) is 7.35. The van der Waals surface area contributed by atoms with Crippen LogP contribution in [0.15, 0.2) is 0 Å². The number of rotatable bonds is 1. The van der Waals surface area contributed by atoms with E-state index in [0.29, 0.717) is 11.3 Å². The highest BCUT2D eigenvalue weighted by atomic mass is 16.6. The van der Waals surface area contributed by atoms with Gasteiger partial charge in [-0.2, -0.15) is 0 Å². The Morgan fingerprint density at radius 3 is 2.37 bits per heavy atom. The Balaban J connectivity index is 1.68. The summed E-state index contributed by atoms with van der Waals surface area (Å²) in [7, 11) is 0. The van der Waals surface area contributed by atoms with Crippen LogP contribution in [-0.2, 0) is 9.47 Å². The van der Waals surface area contributed by atoms with Gasteiger partial charge in [0.05, 0.1) is 12.2 Å². The lowest BCUT2D eigenvalue weighted by atomic mass is 9.62. The van der Waals surface area contributed by atoms with Crippen molar-refractivity contribution in [2.24, 2.45) is 17.1 Å². The van der Waals surface area contributed by atoms with Crippen LogP contribution in [0, 0.1) is 11.3 Å². The van der Waals surface area contributed by atoms with Crippen molar-refractivity contribution in [1.29, 1.82) is 0 Å². The van der Waals surface area contributed by atoms with E-state index in [4.69, 9.17) is 15.2 Å². The fourth-order valence-corrected chi connectivity index (χ4v) is 4.18. The molecule has 3 aliphatic rings. The van der Waals surface area contributed by atoms with Gasteiger partial charge in [-0.15, -0.1) is 0 Å². The van der Waals surface area contributed by atoms with Crippen molar-refractivity contribution in [3.05, 3.63) is 0 Å². The lowest BCUT2D eigenvalue weighted by Crippen LogP contribution is -2.56. The van der Waals surface area contributed by atoms with Crippen molar-refractivity contribution in [1.82, 2.24) is 0 Å². The zero-order valence-electron chi connectivity index (χ0n) is 12.5. The first-order valence-electron chi connectivity index (χ1n) is 7.94. The molecule has 1 saturated carbocycles. The van der Waals surface area contributed by atoms with Gasteiger partial charge in [-0.3, -0.25) is 0 Å². The molecule has 3 nitrogen and oxygen atoms in total. The molecule has 0 amide bonds. The van der Waals surface area contributed by atoms with Crippen LogP contribution in [0.5, 0.6) is 0 Å². The van der Waals surface area contributed by atoms with Gasteiger partial charge in [0.2, 0.25) is 0 Å². The Morgan fingerprint density at radius 1 is 1.00 bits per heavy atom. The summed E-state index contributed by atoms with van der Waals surface area (Å²) in [6.45, 7) is 7.27. The largest absolute Gasteiger partial charge is 0.378 e. The maximum absolute atomic E-state index is 6.81. The van der Waals surface area contributed by atoms with Crippen LogP contribution in [0.25, 0.3) is 0 Å². The van der Waals surface area contributed by atoms with Gasteiger partial charge >= 0.3 is 0 Å². The van der Waals surface area contributed by atoms with Gasteiger partial charge in [0.1, 0.15) is 0 Å². The summed E-state index contributed by atoms with van der Waals surface area (Å²) in [6.07, 6.45) is 8.21. The van der Waals surface area contributed by atoms with E-state index in [-0.39, 0.29) is 11.1 Å². The second-order valence-corrected chi connectivity index (χ2v) is 7.92. The summed E-state index contributed by atoms with van der Waals surface area (Å²) in [5.74, 6) is 0.624. The van der Waals surface area contributed by atoms with Crippen molar-refractivity contribution < 1.29 is 9.47 Å². The van der Waals surface area contributed by atoms with E-state index in [1.807, 2.05) is 0 Å². The fraction of sp³-hybridized carbons (Fsp3) is 1.00. The zero-order valence-corrected chi connectivity index (χ0v) is 12.5. The average molecular weight is 267 g/mol. The molecule has 3 rings (SSSR count). The predicted molar refractivity (Wildman–Crippen MR) is 76.0 cm³/mol. The maximum Gasteiger partial charge on any atom is 0.0940 e. The Morgan fingerprint density at radius 2 is 1.74 bits per heavy atom. The van der Waals surface area contributed by atoms with E-state index in [1.54, 1.807) is 0 Å². The summed E-state index contributed by atoms with van der Waals surface area (Å²) >= 11 is 0. The third kappa shape index (κ3) is 2.70. The summed E-state index contributed by atoms with van der Waals surface area (Å²) in [5, 5.41) is 0. The van der Waals surface area contributed by atoms with E-state index < -0.39 is 0 Å². The molecule has 0 radical (unpaired) electrons. The SMILES string of the molecule is CC1(C)CCC(N)(C2CCOC3(CCOC3)C2)CC1. The van der Waals surface area contributed by atoms with Gasteiger partial charge in [-0.1, -0.05) is 13.8 Å². The quantitative estimate of drug-likeness (QED) is 0.794. The Labute approximate surface area is 117 Å². The van der Waals surface area contributed by atoms with Crippen molar-refractivity contribution in [3.8, 4) is 0 Å². The van der Waals surface area contributed by atoms with Crippen LogP contribution in [0.1, 0.15) is 58.8 Å². The monoisotopic (exact) mass is 267 g/mol. The van der Waals surface area contributed by atoms with Crippen LogP contribution in [0.3, 0.4) is 0 Å². The first-order chi connectivity index (χ1) is 8.93. The van der Waals surface area contributed by atoms with Crippen LogP contribution < -0.4 is 5.73 Å². The highest BCUT2D eigenvalue weighted by Gasteiger charge is 2.48. The molecule has 0 aromatic heterocycles. The number of hydrogen-bond acceptors (Lipinski definition) is 3. The molecule has 0 aromatic rings. The minimum absolute atomic E-state index is 0.00223. The predicted octanol–water partition coefficient (Wildman–Crippen LogP) is 2.87. The molecule has 2 heterocycles. The molecule has 2 N–H and O–H groups in total. The van der Waals surface area contributed by atoms with Crippen molar-refractivity contribution in [2.75, 3.05) is 19.8 Å². The van der Waals surface area contributed by atoms with Gasteiger partial charge in [0.25, 0.3) is 0 Å². The number of nitrogens with two attached hydrogens (primary N) is 1. The van der Waals surface area contributed by atoms with Crippen LogP contribution >= 0.6 is 0 Å². The average Bonchev–Trinajstić information content (AvgIpc) is 2.82. The zero-order chi connectivity index (χ0) is 13.6. The topological polar surface area (TPSA) is 44.5 Å². The number of ether oxygens (including phenoxy) is 2. The number of hydrogen-bond donors (Lipinski definition) is 1. The minimum atomic E-state index is 0.00223. The minimum Gasteiger partial charge on any atom is -0.378 e. The molecular weight excluding hydrogens is 238 g/mol. The molecule has 0 bridgehead atoms. The summed E-state index contributed by atoms with van der Waals surface area (Å²) < 4.78 is 11.6. The smallest absolute Gasteiger partial charge is 0.0940 e. The van der Waals surface area contributed by atoms with Gasteiger partial charge in [-0.25, -0.2) is 0 Å². The fourth-order valence-electron chi connectivity index (χ4n) is 4.18.